The Morgan fingerprint density at radius 2 is 1.18 bits per heavy atom. The first kappa shape index (κ1) is 22.9. The van der Waals surface area contributed by atoms with Gasteiger partial charge in [-0.25, -0.2) is 0 Å². The van der Waals surface area contributed by atoms with Crippen LogP contribution in [0.1, 0.15) is 60.3 Å². The summed E-state index contributed by atoms with van der Waals surface area (Å²) in [5.41, 5.74) is 0. The average molecular weight is 346 g/mol. The Balaban J connectivity index is 4.39. The van der Waals surface area contributed by atoms with Crippen molar-refractivity contribution in [1.29, 1.82) is 0 Å². The van der Waals surface area contributed by atoms with Crippen LogP contribution in [0.4, 0.5) is 0 Å². The van der Waals surface area contributed by atoms with Crippen LogP contribution >= 0.6 is 0 Å². The lowest BCUT2D eigenvalue weighted by molar-refractivity contribution is 0.201. The monoisotopic (exact) mass is 346 g/mol. The van der Waals surface area contributed by atoms with E-state index >= 15 is 0 Å². The lowest BCUT2D eigenvalue weighted by Crippen LogP contribution is -2.28. The van der Waals surface area contributed by atoms with E-state index in [0.29, 0.717) is 5.92 Å². The Labute approximate surface area is 148 Å². The summed E-state index contributed by atoms with van der Waals surface area (Å²) in [7, 11) is 0. The Kier molecular flexibility index (Phi) is 17.4. The molecule has 0 aliphatic heterocycles. The molecule has 6 heteroatoms. The molecule has 0 aromatic heterocycles. The lowest BCUT2D eigenvalue weighted by atomic mass is 10.0. The summed E-state index contributed by atoms with van der Waals surface area (Å²) >= 11 is -2.96. The summed E-state index contributed by atoms with van der Waals surface area (Å²) in [6, 6.07) is 0. The Hall–Kier alpha value is 0.905. The van der Waals surface area contributed by atoms with Crippen LogP contribution in [0.15, 0.2) is 0 Å². The maximum absolute atomic E-state index is 5.86. The van der Waals surface area contributed by atoms with Crippen molar-refractivity contribution >= 4 is 29.6 Å². The van der Waals surface area contributed by atoms with Gasteiger partial charge in [-0.2, -0.15) is 0 Å². The fourth-order valence-corrected chi connectivity index (χ4v) is 6.70. The fraction of sp³-hybridized carbons (Fsp3) is 1.00. The zero-order chi connectivity index (χ0) is 16.6. The Bertz CT molecular complexity index is 220. The number of rotatable bonds is 16. The summed E-state index contributed by atoms with van der Waals surface area (Å²) in [6.07, 6.45) is 5.02. The molecule has 0 aromatic rings. The zero-order valence-electron chi connectivity index (χ0n) is 15.4. The van der Waals surface area contributed by atoms with E-state index in [0.717, 1.165) is 37.0 Å². The molecule has 0 rings (SSSR count). The molecule has 0 saturated heterocycles. The van der Waals surface area contributed by atoms with Crippen molar-refractivity contribution in [2.24, 2.45) is 5.92 Å². The van der Waals surface area contributed by atoms with E-state index in [-0.39, 0.29) is 0 Å². The molecule has 0 aromatic carbocycles. The van der Waals surface area contributed by atoms with E-state index in [2.05, 4.69) is 34.6 Å². The predicted molar refractivity (Wildman–Crippen MR) is 95.3 cm³/mol. The van der Waals surface area contributed by atoms with Crippen LogP contribution in [0.3, 0.4) is 0 Å². The van der Waals surface area contributed by atoms with Crippen LogP contribution in [-0.4, -0.2) is 56.1 Å². The Morgan fingerprint density at radius 3 is 1.64 bits per heavy atom. The summed E-state index contributed by atoms with van der Waals surface area (Å²) in [5, 5.41) is 2.23. The van der Waals surface area contributed by atoms with Gasteiger partial charge in [0, 0.05) is 26.4 Å². The highest BCUT2D eigenvalue weighted by atomic mass is 27.2. The van der Waals surface area contributed by atoms with Gasteiger partial charge in [0.1, 0.15) is 0 Å². The molecule has 1 unspecified atom stereocenters. The van der Waals surface area contributed by atoms with E-state index in [1.165, 1.54) is 25.7 Å². The van der Waals surface area contributed by atoms with Gasteiger partial charge in [0.05, 0.1) is 0 Å². The molecule has 0 radical (unpaired) electrons. The van der Waals surface area contributed by atoms with Crippen LogP contribution in [0, 0.1) is 5.92 Å². The molecule has 4 nitrogen and oxygen atoms in total. The molecule has 0 bridgehead atoms. The normalized spacial score (nSPS) is 12.4. The molecule has 130 valence electrons. The zero-order valence-corrected chi connectivity index (χ0v) is 17.7. The third-order valence-corrected chi connectivity index (χ3v) is 8.39. The number of hydrogen-bond acceptors (Lipinski definition) is 4. The summed E-state index contributed by atoms with van der Waals surface area (Å²) in [6.45, 7) is 13.6. The van der Waals surface area contributed by atoms with Gasteiger partial charge < -0.3 is 15.2 Å². The van der Waals surface area contributed by atoms with E-state index in [9.17, 15) is 0 Å². The smallest absolute Gasteiger partial charge is 0.479 e. The molecule has 0 saturated carbocycles. The number of unbranched alkanes of at least 4 members (excludes halogenated alkanes) is 1. The minimum absolute atomic E-state index is 0.700. The molecule has 22 heavy (non-hydrogen) atoms. The van der Waals surface area contributed by atoms with Crippen molar-refractivity contribution in [3.8, 4) is 0 Å². The molecule has 0 heterocycles. The quantitative estimate of drug-likeness (QED) is 0.390. The van der Waals surface area contributed by atoms with Gasteiger partial charge in [-0.05, 0) is 44.2 Å². The van der Waals surface area contributed by atoms with Gasteiger partial charge in [0.2, 0.25) is 0 Å². The van der Waals surface area contributed by atoms with E-state index in [1.54, 1.807) is 0 Å². The molecular weight excluding hydrogens is 310 g/mol. The van der Waals surface area contributed by atoms with Gasteiger partial charge in [-0.15, -0.1) is 0 Å². The minimum atomic E-state index is -1.50. The topological polar surface area (TPSA) is 36.9 Å². The van der Waals surface area contributed by atoms with Crippen molar-refractivity contribution in [2.75, 3.05) is 26.4 Å². The second kappa shape index (κ2) is 16.8. The largest absolute Gasteiger partial charge is 0.674 e. The molecule has 0 amide bonds. The van der Waals surface area contributed by atoms with E-state index in [1.807, 2.05) is 0 Å². The summed E-state index contributed by atoms with van der Waals surface area (Å²) in [5.74, 6) is 0.700. The van der Waals surface area contributed by atoms with Crippen molar-refractivity contribution in [2.45, 2.75) is 70.9 Å². The third-order valence-electron chi connectivity index (χ3n) is 3.71. The minimum Gasteiger partial charge on any atom is -0.479 e. The fourth-order valence-electron chi connectivity index (χ4n) is 2.66. The van der Waals surface area contributed by atoms with Crippen molar-refractivity contribution in [1.82, 2.24) is 0 Å². The van der Waals surface area contributed by atoms with Crippen molar-refractivity contribution < 1.29 is 15.2 Å². The highest BCUT2D eigenvalue weighted by Crippen LogP contribution is 2.23. The lowest BCUT2D eigenvalue weighted by Gasteiger charge is -2.20. The van der Waals surface area contributed by atoms with Gasteiger partial charge in [-0.1, -0.05) is 32.6 Å². The maximum atomic E-state index is 5.86. The molecule has 0 N–H and O–H groups in total. The highest BCUT2D eigenvalue weighted by Gasteiger charge is 2.31. The predicted octanol–water partition coefficient (Wildman–Crippen LogP) is 4.31. The third kappa shape index (κ3) is 12.3. The van der Waals surface area contributed by atoms with Gasteiger partial charge in [-0.3, -0.25) is 0 Å². The van der Waals surface area contributed by atoms with E-state index in [4.69, 9.17) is 15.2 Å². The first-order valence-electron chi connectivity index (χ1n) is 9.17. The average Bonchev–Trinajstić information content (AvgIpc) is 2.50. The van der Waals surface area contributed by atoms with Crippen molar-refractivity contribution in [3.63, 3.8) is 0 Å². The first-order chi connectivity index (χ1) is 10.7. The van der Waals surface area contributed by atoms with Crippen LogP contribution in [0.25, 0.3) is 0 Å². The second-order valence-corrected chi connectivity index (χ2v) is 9.60. The van der Waals surface area contributed by atoms with Crippen LogP contribution in [0.2, 0.25) is 10.6 Å². The van der Waals surface area contributed by atoms with Gasteiger partial charge in [0.25, 0.3) is 0 Å². The highest BCUT2D eigenvalue weighted by molar-refractivity contribution is 6.45. The van der Waals surface area contributed by atoms with E-state index < -0.39 is 29.6 Å². The molecule has 0 aliphatic rings. The van der Waals surface area contributed by atoms with Crippen LogP contribution < -0.4 is 0 Å². The maximum Gasteiger partial charge on any atom is 0.674 e. The standard InChI is InChI=1S/C8H16.4C2H5O.2Al/c1-4-6-7-8(3)5-2;4*1-2-3;;/h8H,2-7H2,1H3;4*2H2,1H3;;/q;4*-1;2*+2. The molecule has 1 atom stereocenters. The second-order valence-electron chi connectivity index (χ2n) is 5.50. The van der Waals surface area contributed by atoms with Crippen molar-refractivity contribution in [3.05, 3.63) is 0 Å². The first-order valence-corrected chi connectivity index (χ1v) is 12.7. The molecule has 0 spiro atoms. The molecule has 0 aliphatic carbocycles. The van der Waals surface area contributed by atoms with Gasteiger partial charge >= 0.3 is 29.6 Å². The Morgan fingerprint density at radius 1 is 0.682 bits per heavy atom. The number of hydrogen-bond donors (Lipinski definition) is 0. The molecule has 0 fully saturated rings. The summed E-state index contributed by atoms with van der Waals surface area (Å²) in [4.78, 5) is 0. The SMILES string of the molecule is CCCCC(C[CH2][Al]([O]CC)[O]CC)[CH2][Al]([O]CC)[O]CC. The van der Waals surface area contributed by atoms with Gasteiger partial charge in [0.15, 0.2) is 0 Å². The molecular formula is C16H36Al2O4. The van der Waals surface area contributed by atoms with Crippen LogP contribution in [0.5, 0.6) is 0 Å². The summed E-state index contributed by atoms with van der Waals surface area (Å²) < 4.78 is 23.3. The van der Waals surface area contributed by atoms with Crippen LogP contribution in [-0.2, 0) is 15.2 Å².